The maximum Gasteiger partial charge on any atom is 0.0749 e. The van der Waals surface area contributed by atoms with Crippen molar-refractivity contribution in [1.82, 2.24) is 10.2 Å². The number of aromatic amines is 1. The Morgan fingerprint density at radius 3 is 3.31 bits per heavy atom. The van der Waals surface area contributed by atoms with Crippen molar-refractivity contribution in [2.45, 2.75) is 26.2 Å². The second kappa shape index (κ2) is 3.81. The second-order valence-corrected chi connectivity index (χ2v) is 3.82. The van der Waals surface area contributed by atoms with E-state index in [1.165, 1.54) is 38.0 Å². The third-order valence-electron chi connectivity index (χ3n) is 2.95. The van der Waals surface area contributed by atoms with Crippen LogP contribution in [0.15, 0.2) is 12.4 Å². The van der Waals surface area contributed by atoms with Crippen LogP contribution in [0.1, 0.15) is 26.2 Å². The van der Waals surface area contributed by atoms with Crippen molar-refractivity contribution in [3.8, 4) is 0 Å². The standard InChI is InChI=1S/C10H17N3/c1-2-9-4-3-5-13(8-9)10-6-11-12-7-10/h6-7,9H,2-5,8H2,1H3,(H,11,12). The van der Waals surface area contributed by atoms with E-state index in [1.54, 1.807) is 0 Å². The molecule has 0 saturated carbocycles. The number of anilines is 1. The molecule has 3 nitrogen and oxygen atoms in total. The van der Waals surface area contributed by atoms with Crippen LogP contribution < -0.4 is 4.90 Å². The van der Waals surface area contributed by atoms with Crippen LogP contribution in [0.25, 0.3) is 0 Å². The molecule has 0 radical (unpaired) electrons. The first-order valence-electron chi connectivity index (χ1n) is 5.14. The SMILES string of the molecule is CCC1CCCN(c2cn[nH]c2)C1. The van der Waals surface area contributed by atoms with E-state index in [4.69, 9.17) is 0 Å². The molecule has 0 bridgehead atoms. The lowest BCUT2D eigenvalue weighted by molar-refractivity contribution is 0.405. The van der Waals surface area contributed by atoms with Gasteiger partial charge in [-0.2, -0.15) is 5.10 Å². The molecule has 72 valence electrons. The van der Waals surface area contributed by atoms with Gasteiger partial charge >= 0.3 is 0 Å². The minimum Gasteiger partial charge on any atom is -0.369 e. The first-order valence-corrected chi connectivity index (χ1v) is 5.14. The van der Waals surface area contributed by atoms with Gasteiger partial charge in [-0.1, -0.05) is 13.3 Å². The van der Waals surface area contributed by atoms with Crippen LogP contribution in [0.2, 0.25) is 0 Å². The summed E-state index contributed by atoms with van der Waals surface area (Å²) in [5.41, 5.74) is 1.25. The van der Waals surface area contributed by atoms with E-state index in [2.05, 4.69) is 22.0 Å². The minimum atomic E-state index is 0.878. The molecule has 0 spiro atoms. The van der Waals surface area contributed by atoms with Crippen LogP contribution in [0, 0.1) is 5.92 Å². The molecule has 0 aliphatic carbocycles. The van der Waals surface area contributed by atoms with E-state index in [9.17, 15) is 0 Å². The molecule has 2 rings (SSSR count). The fourth-order valence-electron chi connectivity index (χ4n) is 2.05. The van der Waals surface area contributed by atoms with Gasteiger partial charge in [0.15, 0.2) is 0 Å². The molecule has 1 aliphatic heterocycles. The maximum absolute atomic E-state index is 3.98. The molecule has 0 aromatic carbocycles. The quantitative estimate of drug-likeness (QED) is 0.753. The highest BCUT2D eigenvalue weighted by molar-refractivity contribution is 5.42. The van der Waals surface area contributed by atoms with Gasteiger partial charge in [0.1, 0.15) is 0 Å². The topological polar surface area (TPSA) is 31.9 Å². The van der Waals surface area contributed by atoms with Crippen molar-refractivity contribution < 1.29 is 0 Å². The molecule has 1 N–H and O–H groups in total. The zero-order valence-electron chi connectivity index (χ0n) is 8.16. The van der Waals surface area contributed by atoms with Gasteiger partial charge in [0, 0.05) is 19.3 Å². The average molecular weight is 179 g/mol. The summed E-state index contributed by atoms with van der Waals surface area (Å²) in [6.45, 7) is 4.68. The van der Waals surface area contributed by atoms with E-state index in [0.717, 1.165) is 5.92 Å². The van der Waals surface area contributed by atoms with Gasteiger partial charge in [-0.15, -0.1) is 0 Å². The third-order valence-corrected chi connectivity index (χ3v) is 2.95. The molecule has 1 aliphatic rings. The number of hydrogen-bond donors (Lipinski definition) is 1. The molecule has 1 unspecified atom stereocenters. The van der Waals surface area contributed by atoms with E-state index >= 15 is 0 Å². The molecular formula is C10H17N3. The molecule has 13 heavy (non-hydrogen) atoms. The number of piperidine rings is 1. The molecular weight excluding hydrogens is 162 g/mol. The smallest absolute Gasteiger partial charge is 0.0749 e. The summed E-state index contributed by atoms with van der Waals surface area (Å²) in [6.07, 6.45) is 7.92. The molecule has 1 aromatic heterocycles. The molecule has 2 heterocycles. The first kappa shape index (κ1) is 8.60. The number of rotatable bonds is 2. The van der Waals surface area contributed by atoms with Crippen molar-refractivity contribution in [3.05, 3.63) is 12.4 Å². The number of aromatic nitrogens is 2. The Labute approximate surface area is 79.1 Å². The van der Waals surface area contributed by atoms with E-state index in [1.807, 2.05) is 12.4 Å². The van der Waals surface area contributed by atoms with E-state index in [-0.39, 0.29) is 0 Å². The van der Waals surface area contributed by atoms with Gasteiger partial charge in [-0.25, -0.2) is 0 Å². The Kier molecular flexibility index (Phi) is 2.52. The minimum absolute atomic E-state index is 0.878. The molecule has 0 amide bonds. The summed E-state index contributed by atoms with van der Waals surface area (Å²) in [5, 5.41) is 6.85. The highest BCUT2D eigenvalue weighted by Crippen LogP contribution is 2.23. The summed E-state index contributed by atoms with van der Waals surface area (Å²) >= 11 is 0. The highest BCUT2D eigenvalue weighted by Gasteiger charge is 2.18. The summed E-state index contributed by atoms with van der Waals surface area (Å²) in [7, 11) is 0. The molecule has 3 heteroatoms. The Balaban J connectivity index is 2.00. The Morgan fingerprint density at radius 1 is 1.69 bits per heavy atom. The fourth-order valence-corrected chi connectivity index (χ4v) is 2.05. The normalized spacial score (nSPS) is 23.5. The van der Waals surface area contributed by atoms with Crippen molar-refractivity contribution in [1.29, 1.82) is 0 Å². The summed E-state index contributed by atoms with van der Waals surface area (Å²) in [6, 6.07) is 0. The van der Waals surface area contributed by atoms with Gasteiger partial charge < -0.3 is 4.90 Å². The molecule has 1 saturated heterocycles. The Hall–Kier alpha value is -0.990. The average Bonchev–Trinajstić information content (AvgIpc) is 2.71. The van der Waals surface area contributed by atoms with Gasteiger partial charge in [0.05, 0.1) is 11.9 Å². The van der Waals surface area contributed by atoms with Crippen LogP contribution in [0.3, 0.4) is 0 Å². The van der Waals surface area contributed by atoms with Crippen LogP contribution in [0.5, 0.6) is 0 Å². The number of nitrogens with one attached hydrogen (secondary N) is 1. The first-order chi connectivity index (χ1) is 6.40. The van der Waals surface area contributed by atoms with Gasteiger partial charge in [0.2, 0.25) is 0 Å². The summed E-state index contributed by atoms with van der Waals surface area (Å²) in [5.74, 6) is 0.878. The van der Waals surface area contributed by atoms with Gasteiger partial charge in [-0.3, -0.25) is 5.10 Å². The number of H-pyrrole nitrogens is 1. The Morgan fingerprint density at radius 2 is 2.62 bits per heavy atom. The highest BCUT2D eigenvalue weighted by atomic mass is 15.2. The summed E-state index contributed by atoms with van der Waals surface area (Å²) < 4.78 is 0. The van der Waals surface area contributed by atoms with Crippen LogP contribution >= 0.6 is 0 Å². The zero-order valence-corrected chi connectivity index (χ0v) is 8.16. The molecule has 1 atom stereocenters. The van der Waals surface area contributed by atoms with Crippen molar-refractivity contribution >= 4 is 5.69 Å². The van der Waals surface area contributed by atoms with Crippen LogP contribution in [-0.4, -0.2) is 23.3 Å². The zero-order chi connectivity index (χ0) is 9.10. The fraction of sp³-hybridized carbons (Fsp3) is 0.700. The van der Waals surface area contributed by atoms with Crippen molar-refractivity contribution in [2.75, 3.05) is 18.0 Å². The number of hydrogen-bond acceptors (Lipinski definition) is 2. The molecule has 1 aromatic rings. The lowest BCUT2D eigenvalue weighted by Crippen LogP contribution is -2.34. The third kappa shape index (κ3) is 1.85. The maximum atomic E-state index is 3.98. The predicted molar refractivity (Wildman–Crippen MR) is 53.8 cm³/mol. The lowest BCUT2D eigenvalue weighted by Gasteiger charge is -2.32. The lowest BCUT2D eigenvalue weighted by atomic mass is 9.95. The summed E-state index contributed by atoms with van der Waals surface area (Å²) in [4.78, 5) is 2.43. The van der Waals surface area contributed by atoms with Gasteiger partial charge in [-0.05, 0) is 18.8 Å². The Bertz CT molecular complexity index is 243. The predicted octanol–water partition coefficient (Wildman–Crippen LogP) is 2.04. The number of nitrogens with zero attached hydrogens (tertiary/aromatic N) is 2. The van der Waals surface area contributed by atoms with E-state index < -0.39 is 0 Å². The van der Waals surface area contributed by atoms with Crippen molar-refractivity contribution in [2.24, 2.45) is 5.92 Å². The monoisotopic (exact) mass is 179 g/mol. The largest absolute Gasteiger partial charge is 0.369 e. The van der Waals surface area contributed by atoms with Crippen LogP contribution in [0.4, 0.5) is 5.69 Å². The van der Waals surface area contributed by atoms with Crippen molar-refractivity contribution in [3.63, 3.8) is 0 Å². The molecule has 1 fully saturated rings. The van der Waals surface area contributed by atoms with Crippen LogP contribution in [-0.2, 0) is 0 Å². The second-order valence-electron chi connectivity index (χ2n) is 3.82. The van der Waals surface area contributed by atoms with Gasteiger partial charge in [0.25, 0.3) is 0 Å². The van der Waals surface area contributed by atoms with E-state index in [0.29, 0.717) is 0 Å².